The van der Waals surface area contributed by atoms with Gasteiger partial charge in [-0.25, -0.2) is 4.79 Å². The van der Waals surface area contributed by atoms with Gasteiger partial charge in [-0.05, 0) is 51.2 Å². The number of methoxy groups -OCH3 is 2. The summed E-state index contributed by atoms with van der Waals surface area (Å²) < 4.78 is 10.3. The molecule has 0 N–H and O–H groups in total. The van der Waals surface area contributed by atoms with Gasteiger partial charge >= 0.3 is 5.97 Å². The van der Waals surface area contributed by atoms with Gasteiger partial charge < -0.3 is 14.4 Å². The van der Waals surface area contributed by atoms with Gasteiger partial charge in [0.25, 0.3) is 5.91 Å². The number of ether oxygens (including phenoxy) is 2. The first-order valence-electron chi connectivity index (χ1n) is 9.71. The van der Waals surface area contributed by atoms with Crippen LogP contribution < -0.4 is 4.74 Å². The molecule has 1 aliphatic carbocycles. The van der Waals surface area contributed by atoms with Crippen molar-refractivity contribution < 1.29 is 19.1 Å². The van der Waals surface area contributed by atoms with Crippen molar-refractivity contribution in [3.63, 3.8) is 0 Å². The Bertz CT molecular complexity index is 863. The summed E-state index contributed by atoms with van der Waals surface area (Å²) in [4.78, 5) is 27.3. The third kappa shape index (κ3) is 4.03. The van der Waals surface area contributed by atoms with Crippen LogP contribution in [0.5, 0.6) is 5.75 Å². The van der Waals surface area contributed by atoms with E-state index in [1.54, 1.807) is 18.1 Å². The third-order valence-corrected chi connectivity index (χ3v) is 5.38. The number of amides is 1. The lowest BCUT2D eigenvalue weighted by Crippen LogP contribution is -2.26. The minimum atomic E-state index is -0.494. The van der Waals surface area contributed by atoms with Crippen LogP contribution in [0.2, 0.25) is 0 Å². The lowest BCUT2D eigenvalue weighted by molar-refractivity contribution is -0.136. The number of benzene rings is 1. The van der Waals surface area contributed by atoms with Crippen LogP contribution in [0.15, 0.2) is 52.8 Å². The number of hydrogen-bond acceptors (Lipinski definition) is 4. The number of para-hydroxylation sites is 1. The van der Waals surface area contributed by atoms with Crippen LogP contribution in [0.3, 0.4) is 0 Å². The summed E-state index contributed by atoms with van der Waals surface area (Å²) in [6, 6.07) is 7.42. The largest absolute Gasteiger partial charge is 0.496 e. The molecule has 0 aromatic heterocycles. The molecule has 1 aliphatic heterocycles. The van der Waals surface area contributed by atoms with E-state index < -0.39 is 5.97 Å². The fraction of sp³-hybridized carbons (Fsp3) is 0.391. The van der Waals surface area contributed by atoms with Crippen molar-refractivity contribution in [1.82, 2.24) is 4.90 Å². The lowest BCUT2D eigenvalue weighted by atomic mass is 9.97. The molecule has 28 heavy (non-hydrogen) atoms. The average Bonchev–Trinajstić information content (AvgIpc) is 2.96. The van der Waals surface area contributed by atoms with Crippen LogP contribution in [0.4, 0.5) is 0 Å². The molecule has 0 bridgehead atoms. The van der Waals surface area contributed by atoms with Gasteiger partial charge in [0, 0.05) is 17.8 Å². The molecule has 148 valence electrons. The van der Waals surface area contributed by atoms with Gasteiger partial charge in [-0.2, -0.15) is 0 Å². The van der Waals surface area contributed by atoms with Gasteiger partial charge in [-0.1, -0.05) is 29.8 Å². The van der Waals surface area contributed by atoms with Gasteiger partial charge in [0.1, 0.15) is 5.75 Å². The molecular weight excluding hydrogens is 354 g/mol. The van der Waals surface area contributed by atoms with Crippen molar-refractivity contribution in [3.05, 3.63) is 58.3 Å². The van der Waals surface area contributed by atoms with Crippen LogP contribution >= 0.6 is 0 Å². The molecule has 0 saturated carbocycles. The summed E-state index contributed by atoms with van der Waals surface area (Å²) in [5.74, 6) is -0.0120. The maximum atomic E-state index is 13.2. The maximum Gasteiger partial charge on any atom is 0.340 e. The molecule has 0 radical (unpaired) electrons. The Morgan fingerprint density at radius 2 is 2.00 bits per heavy atom. The van der Waals surface area contributed by atoms with Crippen molar-refractivity contribution >= 4 is 18.0 Å². The Hall–Kier alpha value is -2.82. The van der Waals surface area contributed by atoms with Crippen LogP contribution in [0.1, 0.15) is 44.6 Å². The Kier molecular flexibility index (Phi) is 6.34. The predicted octanol–water partition coefficient (Wildman–Crippen LogP) is 4.26. The Labute approximate surface area is 166 Å². The Morgan fingerprint density at radius 3 is 2.68 bits per heavy atom. The molecule has 0 spiro atoms. The molecule has 1 amide bonds. The van der Waals surface area contributed by atoms with Gasteiger partial charge in [-0.3, -0.25) is 4.79 Å². The highest BCUT2D eigenvalue weighted by Gasteiger charge is 2.37. The topological polar surface area (TPSA) is 55.8 Å². The number of carbonyl (C=O) groups is 2. The maximum absolute atomic E-state index is 13.2. The SMILES string of the molecule is COC(=O)C1=C(C)N(CCC2=CCCCC2)C(=O)/C1=C\c1ccccc1OC. The van der Waals surface area contributed by atoms with E-state index in [1.165, 1.54) is 25.5 Å². The molecule has 1 aromatic carbocycles. The highest BCUT2D eigenvalue weighted by molar-refractivity contribution is 6.16. The minimum Gasteiger partial charge on any atom is -0.496 e. The quantitative estimate of drug-likeness (QED) is 0.420. The molecule has 0 unspecified atom stereocenters. The first-order valence-corrected chi connectivity index (χ1v) is 9.71. The van der Waals surface area contributed by atoms with Crippen LogP contribution in [-0.2, 0) is 14.3 Å². The van der Waals surface area contributed by atoms with E-state index in [4.69, 9.17) is 9.47 Å². The lowest BCUT2D eigenvalue weighted by Gasteiger charge is -2.20. The second-order valence-electron chi connectivity index (χ2n) is 7.07. The van der Waals surface area contributed by atoms with Crippen molar-refractivity contribution in [1.29, 1.82) is 0 Å². The van der Waals surface area contributed by atoms with Crippen molar-refractivity contribution in [2.45, 2.75) is 39.0 Å². The van der Waals surface area contributed by atoms with E-state index in [2.05, 4.69) is 6.08 Å². The van der Waals surface area contributed by atoms with E-state index in [0.29, 0.717) is 29.1 Å². The summed E-state index contributed by atoms with van der Waals surface area (Å²) in [5.41, 5.74) is 3.48. The molecule has 0 atom stereocenters. The molecule has 2 aliphatic rings. The summed E-state index contributed by atoms with van der Waals surface area (Å²) >= 11 is 0. The summed E-state index contributed by atoms with van der Waals surface area (Å²) in [7, 11) is 2.92. The first kappa shape index (κ1) is 19.9. The molecule has 3 rings (SSSR count). The zero-order chi connectivity index (χ0) is 20.1. The summed E-state index contributed by atoms with van der Waals surface area (Å²) in [5, 5.41) is 0. The monoisotopic (exact) mass is 381 g/mol. The van der Waals surface area contributed by atoms with E-state index in [-0.39, 0.29) is 5.91 Å². The number of allylic oxidation sites excluding steroid dienone is 2. The zero-order valence-corrected chi connectivity index (χ0v) is 16.8. The standard InChI is InChI=1S/C23H27NO4/c1-16-21(23(26)28-3)19(15-18-11-7-8-12-20(18)27-2)22(25)24(16)14-13-17-9-5-4-6-10-17/h7-9,11-12,15H,4-6,10,13-14H2,1-3H3/b19-15-. The van der Waals surface area contributed by atoms with E-state index >= 15 is 0 Å². The van der Waals surface area contributed by atoms with Crippen LogP contribution in [0, 0.1) is 0 Å². The number of esters is 1. The minimum absolute atomic E-state index is 0.166. The van der Waals surface area contributed by atoms with Gasteiger partial charge in [0.2, 0.25) is 0 Å². The van der Waals surface area contributed by atoms with Gasteiger partial charge in [0.15, 0.2) is 0 Å². The van der Waals surface area contributed by atoms with E-state index in [0.717, 1.165) is 24.8 Å². The highest BCUT2D eigenvalue weighted by Crippen LogP contribution is 2.34. The van der Waals surface area contributed by atoms with E-state index in [9.17, 15) is 9.59 Å². The van der Waals surface area contributed by atoms with Crippen molar-refractivity contribution in [3.8, 4) is 5.75 Å². The first-order chi connectivity index (χ1) is 13.6. The second kappa shape index (κ2) is 8.91. The van der Waals surface area contributed by atoms with Crippen molar-refractivity contribution in [2.75, 3.05) is 20.8 Å². The number of rotatable bonds is 6. The zero-order valence-electron chi connectivity index (χ0n) is 16.8. The number of hydrogen-bond donors (Lipinski definition) is 0. The molecule has 0 saturated heterocycles. The smallest absolute Gasteiger partial charge is 0.340 e. The molecular formula is C23H27NO4. The van der Waals surface area contributed by atoms with Crippen molar-refractivity contribution in [2.24, 2.45) is 0 Å². The van der Waals surface area contributed by atoms with Crippen LogP contribution in [-0.4, -0.2) is 37.5 Å². The van der Waals surface area contributed by atoms with Crippen LogP contribution in [0.25, 0.3) is 6.08 Å². The molecule has 5 nitrogen and oxygen atoms in total. The second-order valence-corrected chi connectivity index (χ2v) is 7.07. The molecule has 0 fully saturated rings. The van der Waals surface area contributed by atoms with Gasteiger partial charge in [0.05, 0.1) is 25.4 Å². The summed E-state index contributed by atoms with van der Waals surface area (Å²) in [6.45, 7) is 2.38. The van der Waals surface area contributed by atoms with E-state index in [1.807, 2.05) is 31.2 Å². The average molecular weight is 381 g/mol. The normalized spacial score (nSPS) is 18.5. The molecule has 1 aromatic rings. The Balaban J connectivity index is 1.93. The number of nitrogens with zero attached hydrogens (tertiary/aromatic N) is 1. The fourth-order valence-corrected chi connectivity index (χ4v) is 3.83. The predicted molar refractivity (Wildman–Crippen MR) is 109 cm³/mol. The molecule has 1 heterocycles. The Morgan fingerprint density at radius 1 is 1.21 bits per heavy atom. The molecule has 5 heteroatoms. The highest BCUT2D eigenvalue weighted by atomic mass is 16.5. The van der Waals surface area contributed by atoms with Gasteiger partial charge in [-0.15, -0.1) is 0 Å². The fourth-order valence-electron chi connectivity index (χ4n) is 3.83. The third-order valence-electron chi connectivity index (χ3n) is 5.38. The number of carbonyl (C=O) groups excluding carboxylic acids is 2. The summed E-state index contributed by atoms with van der Waals surface area (Å²) in [6.07, 6.45) is 9.50.